The summed E-state index contributed by atoms with van der Waals surface area (Å²) in [6, 6.07) is 20.5. The van der Waals surface area contributed by atoms with Crippen molar-refractivity contribution in [2.75, 3.05) is 5.32 Å². The van der Waals surface area contributed by atoms with Crippen molar-refractivity contribution in [3.63, 3.8) is 0 Å². The standard InChI is InChI=1S/C29H30N4O3/c1-18-9-5-8-12-22(18)23-15-26(33(31-23)29(2,3)4)30-24-13-21(34)14-25(35)27(24)28(36)32-16-19-10-6-7-11-20(19)17-32/h5-15,30,34-35H,16-17H2,1-4H3. The number of aromatic hydroxyl groups is 2. The molecule has 3 N–H and O–H groups in total. The maximum Gasteiger partial charge on any atom is 0.260 e. The smallest absolute Gasteiger partial charge is 0.260 e. The van der Waals surface area contributed by atoms with Gasteiger partial charge in [-0.1, -0.05) is 48.5 Å². The first-order valence-electron chi connectivity index (χ1n) is 12.0. The van der Waals surface area contributed by atoms with Crippen LogP contribution in [-0.4, -0.2) is 30.8 Å². The van der Waals surface area contributed by atoms with Crippen LogP contribution in [0.3, 0.4) is 0 Å². The third-order valence-electron chi connectivity index (χ3n) is 6.47. The van der Waals surface area contributed by atoms with E-state index in [-0.39, 0.29) is 28.5 Å². The van der Waals surface area contributed by atoms with Crippen LogP contribution in [0.4, 0.5) is 11.5 Å². The van der Waals surface area contributed by atoms with E-state index < -0.39 is 0 Å². The summed E-state index contributed by atoms with van der Waals surface area (Å²) in [5.41, 5.74) is 5.13. The lowest BCUT2D eigenvalue weighted by molar-refractivity contribution is 0.0749. The molecule has 3 aromatic carbocycles. The van der Waals surface area contributed by atoms with E-state index in [2.05, 4.69) is 5.32 Å². The minimum atomic E-state index is -0.372. The number of nitrogens with one attached hydrogen (secondary N) is 1. The Morgan fingerprint density at radius 1 is 0.944 bits per heavy atom. The number of fused-ring (bicyclic) bond motifs is 1. The first kappa shape index (κ1) is 23.5. The summed E-state index contributed by atoms with van der Waals surface area (Å²) in [6.07, 6.45) is 0. The van der Waals surface area contributed by atoms with E-state index in [1.54, 1.807) is 4.90 Å². The Morgan fingerprint density at radius 3 is 2.22 bits per heavy atom. The summed E-state index contributed by atoms with van der Waals surface area (Å²) >= 11 is 0. The Balaban J connectivity index is 1.56. The first-order chi connectivity index (χ1) is 17.1. The number of anilines is 2. The topological polar surface area (TPSA) is 90.6 Å². The molecule has 0 unspecified atom stereocenters. The molecule has 0 atom stereocenters. The van der Waals surface area contributed by atoms with Gasteiger partial charge in [0.25, 0.3) is 5.91 Å². The quantitative estimate of drug-likeness (QED) is 0.336. The molecule has 36 heavy (non-hydrogen) atoms. The van der Waals surface area contributed by atoms with Crippen molar-refractivity contribution in [2.45, 2.75) is 46.3 Å². The highest BCUT2D eigenvalue weighted by Crippen LogP contribution is 2.37. The highest BCUT2D eigenvalue weighted by molar-refractivity contribution is 6.03. The monoisotopic (exact) mass is 482 g/mol. The normalized spacial score (nSPS) is 13.1. The van der Waals surface area contributed by atoms with Crippen LogP contribution in [0.5, 0.6) is 11.5 Å². The zero-order chi connectivity index (χ0) is 25.6. The van der Waals surface area contributed by atoms with E-state index in [4.69, 9.17) is 5.10 Å². The highest BCUT2D eigenvalue weighted by atomic mass is 16.3. The number of phenolic OH excluding ortho intramolecular Hbond substituents is 2. The van der Waals surface area contributed by atoms with Gasteiger partial charge in [-0.05, 0) is 44.4 Å². The molecular weight excluding hydrogens is 452 g/mol. The maximum absolute atomic E-state index is 13.6. The molecule has 1 aromatic heterocycles. The first-order valence-corrected chi connectivity index (χ1v) is 12.0. The average Bonchev–Trinajstić information content (AvgIpc) is 3.43. The van der Waals surface area contributed by atoms with Gasteiger partial charge in [-0.15, -0.1) is 0 Å². The number of phenols is 2. The van der Waals surface area contributed by atoms with Crippen LogP contribution in [-0.2, 0) is 18.6 Å². The van der Waals surface area contributed by atoms with Crippen molar-refractivity contribution in [1.82, 2.24) is 14.7 Å². The second-order valence-electron chi connectivity index (χ2n) is 10.3. The Bertz CT molecular complexity index is 1440. The number of hydrogen-bond acceptors (Lipinski definition) is 5. The fourth-order valence-corrected chi connectivity index (χ4v) is 4.68. The zero-order valence-corrected chi connectivity index (χ0v) is 20.9. The Hall–Kier alpha value is -4.26. The van der Waals surface area contributed by atoms with Crippen molar-refractivity contribution in [1.29, 1.82) is 0 Å². The summed E-state index contributed by atoms with van der Waals surface area (Å²) in [5.74, 6) is -0.0896. The van der Waals surface area contributed by atoms with Crippen LogP contribution in [0.25, 0.3) is 11.3 Å². The number of rotatable bonds is 4. The number of carbonyl (C=O) groups is 1. The molecule has 2 heterocycles. The number of benzene rings is 3. The predicted octanol–water partition coefficient (Wildman–Crippen LogP) is 5.92. The number of carbonyl (C=O) groups excluding carboxylic acids is 1. The predicted molar refractivity (Wildman–Crippen MR) is 140 cm³/mol. The number of amides is 1. The van der Waals surface area contributed by atoms with Crippen LogP contribution in [0, 0.1) is 6.92 Å². The summed E-state index contributed by atoms with van der Waals surface area (Å²) in [6.45, 7) is 9.09. The molecule has 1 aliphatic rings. The Labute approximate surface area is 210 Å². The minimum Gasteiger partial charge on any atom is -0.508 e. The SMILES string of the molecule is Cc1ccccc1-c1cc(Nc2cc(O)cc(O)c2C(=O)N2Cc3ccccc3C2)n(C(C)(C)C)n1. The average molecular weight is 483 g/mol. The van der Waals surface area contributed by atoms with Gasteiger partial charge >= 0.3 is 0 Å². The second-order valence-corrected chi connectivity index (χ2v) is 10.3. The third kappa shape index (κ3) is 4.28. The van der Waals surface area contributed by atoms with E-state index in [1.807, 2.05) is 87.0 Å². The van der Waals surface area contributed by atoms with Crippen molar-refractivity contribution in [3.05, 3.63) is 89.0 Å². The molecule has 4 aromatic rings. The number of hydrogen-bond donors (Lipinski definition) is 3. The van der Waals surface area contributed by atoms with Crippen LogP contribution < -0.4 is 5.32 Å². The number of aromatic nitrogens is 2. The summed E-state index contributed by atoms with van der Waals surface area (Å²) in [7, 11) is 0. The second kappa shape index (κ2) is 8.75. The number of aryl methyl sites for hydroxylation is 1. The lowest BCUT2D eigenvalue weighted by atomic mass is 10.1. The molecule has 1 amide bonds. The molecule has 0 bridgehead atoms. The summed E-state index contributed by atoms with van der Waals surface area (Å²) in [4.78, 5) is 15.3. The molecule has 184 valence electrons. The van der Waals surface area contributed by atoms with Gasteiger partial charge in [-0.2, -0.15) is 5.10 Å². The van der Waals surface area contributed by atoms with Crippen molar-refractivity contribution < 1.29 is 15.0 Å². The van der Waals surface area contributed by atoms with Crippen molar-refractivity contribution in [3.8, 4) is 22.8 Å². The fraction of sp³-hybridized carbons (Fsp3) is 0.241. The highest BCUT2D eigenvalue weighted by Gasteiger charge is 2.29. The van der Waals surface area contributed by atoms with Crippen molar-refractivity contribution >= 4 is 17.4 Å². The maximum atomic E-state index is 13.6. The Kier molecular flexibility index (Phi) is 5.71. The fourth-order valence-electron chi connectivity index (χ4n) is 4.68. The Morgan fingerprint density at radius 2 is 1.58 bits per heavy atom. The molecule has 7 heteroatoms. The van der Waals surface area contributed by atoms with Crippen LogP contribution in [0.1, 0.15) is 47.8 Å². The molecule has 0 aliphatic carbocycles. The summed E-state index contributed by atoms with van der Waals surface area (Å²) in [5, 5.41) is 29.2. The number of nitrogens with zero attached hydrogens (tertiary/aromatic N) is 3. The van der Waals surface area contributed by atoms with E-state index in [1.165, 1.54) is 12.1 Å². The lowest BCUT2D eigenvalue weighted by Crippen LogP contribution is -2.27. The van der Waals surface area contributed by atoms with Gasteiger partial charge in [0, 0.05) is 36.9 Å². The van der Waals surface area contributed by atoms with Gasteiger partial charge in [0.05, 0.1) is 16.9 Å². The molecule has 0 saturated heterocycles. The third-order valence-corrected chi connectivity index (χ3v) is 6.47. The van der Waals surface area contributed by atoms with Gasteiger partial charge < -0.3 is 20.4 Å². The molecule has 0 saturated carbocycles. The zero-order valence-electron chi connectivity index (χ0n) is 20.9. The molecule has 0 radical (unpaired) electrons. The van der Waals surface area contributed by atoms with Gasteiger partial charge in [-0.25, -0.2) is 4.68 Å². The van der Waals surface area contributed by atoms with Crippen molar-refractivity contribution in [2.24, 2.45) is 0 Å². The molecule has 0 spiro atoms. The minimum absolute atomic E-state index is 0.111. The van der Waals surface area contributed by atoms with Crippen LogP contribution >= 0.6 is 0 Å². The molecule has 1 aliphatic heterocycles. The molecule has 0 fully saturated rings. The molecule has 7 nitrogen and oxygen atoms in total. The van der Waals surface area contributed by atoms with Gasteiger partial charge in [0.2, 0.25) is 0 Å². The van der Waals surface area contributed by atoms with E-state index in [0.717, 1.165) is 27.9 Å². The van der Waals surface area contributed by atoms with Crippen LogP contribution in [0.2, 0.25) is 0 Å². The molecular formula is C29H30N4O3. The lowest BCUT2D eigenvalue weighted by Gasteiger charge is -2.24. The largest absolute Gasteiger partial charge is 0.508 e. The van der Waals surface area contributed by atoms with Gasteiger partial charge in [-0.3, -0.25) is 4.79 Å². The van der Waals surface area contributed by atoms with Gasteiger partial charge in [0.1, 0.15) is 22.9 Å². The van der Waals surface area contributed by atoms with E-state index in [0.29, 0.717) is 24.6 Å². The van der Waals surface area contributed by atoms with E-state index in [9.17, 15) is 15.0 Å². The van der Waals surface area contributed by atoms with Crippen LogP contribution in [0.15, 0.2) is 66.7 Å². The van der Waals surface area contributed by atoms with E-state index >= 15 is 0 Å². The summed E-state index contributed by atoms with van der Waals surface area (Å²) < 4.78 is 1.86. The molecule has 5 rings (SSSR count). The van der Waals surface area contributed by atoms with Gasteiger partial charge in [0.15, 0.2) is 0 Å².